The lowest BCUT2D eigenvalue weighted by Crippen LogP contribution is -2.55. The Labute approximate surface area is 149 Å². The van der Waals surface area contributed by atoms with Crippen LogP contribution in [0, 0.1) is 5.92 Å². The first kappa shape index (κ1) is 18.6. The SMILES string of the molecule is CCS(=O)(=O)N1CCN(CC(=O)N2CCN(C(=O)C3CC3)CC2)CC1. The molecular formula is C16H28N4O4S. The van der Waals surface area contributed by atoms with E-state index in [9.17, 15) is 18.0 Å². The minimum absolute atomic E-state index is 0.0744. The fourth-order valence-corrected chi connectivity index (χ4v) is 4.49. The fourth-order valence-electron chi connectivity index (χ4n) is 3.40. The molecule has 0 aromatic rings. The molecule has 2 saturated heterocycles. The van der Waals surface area contributed by atoms with Gasteiger partial charge in [0.15, 0.2) is 0 Å². The summed E-state index contributed by atoms with van der Waals surface area (Å²) in [6.45, 7) is 6.52. The molecule has 1 aliphatic carbocycles. The lowest BCUT2D eigenvalue weighted by molar-refractivity contribution is -0.141. The van der Waals surface area contributed by atoms with E-state index in [-0.39, 0.29) is 23.5 Å². The Morgan fingerprint density at radius 3 is 1.96 bits per heavy atom. The summed E-state index contributed by atoms with van der Waals surface area (Å²) in [5.41, 5.74) is 0. The fraction of sp³-hybridized carbons (Fsp3) is 0.875. The highest BCUT2D eigenvalue weighted by Crippen LogP contribution is 2.31. The van der Waals surface area contributed by atoms with Gasteiger partial charge in [0.1, 0.15) is 0 Å². The number of sulfonamides is 1. The number of hydrogen-bond acceptors (Lipinski definition) is 5. The van der Waals surface area contributed by atoms with Crippen LogP contribution < -0.4 is 0 Å². The van der Waals surface area contributed by atoms with Gasteiger partial charge in [0.2, 0.25) is 21.8 Å². The molecule has 0 unspecified atom stereocenters. The maximum atomic E-state index is 12.5. The number of piperazine rings is 2. The zero-order valence-corrected chi connectivity index (χ0v) is 15.7. The van der Waals surface area contributed by atoms with Gasteiger partial charge in [0.05, 0.1) is 12.3 Å². The van der Waals surface area contributed by atoms with Gasteiger partial charge in [-0.25, -0.2) is 8.42 Å². The number of amides is 2. The van der Waals surface area contributed by atoms with Gasteiger partial charge >= 0.3 is 0 Å². The summed E-state index contributed by atoms with van der Waals surface area (Å²) in [4.78, 5) is 30.3. The van der Waals surface area contributed by atoms with Crippen molar-refractivity contribution in [1.29, 1.82) is 0 Å². The Morgan fingerprint density at radius 1 is 0.880 bits per heavy atom. The third kappa shape index (κ3) is 4.51. The first-order valence-electron chi connectivity index (χ1n) is 9.17. The molecule has 0 aromatic heterocycles. The first-order valence-corrected chi connectivity index (χ1v) is 10.8. The molecule has 25 heavy (non-hydrogen) atoms. The van der Waals surface area contributed by atoms with E-state index in [4.69, 9.17) is 0 Å². The zero-order chi connectivity index (χ0) is 18.0. The van der Waals surface area contributed by atoms with Gasteiger partial charge in [-0.05, 0) is 19.8 Å². The van der Waals surface area contributed by atoms with E-state index >= 15 is 0 Å². The number of carbonyl (C=O) groups excluding carboxylic acids is 2. The van der Waals surface area contributed by atoms with Crippen LogP contribution in [-0.4, -0.2) is 104 Å². The van der Waals surface area contributed by atoms with Crippen molar-refractivity contribution >= 4 is 21.8 Å². The molecule has 1 saturated carbocycles. The molecule has 2 heterocycles. The molecule has 142 valence electrons. The molecule has 8 nitrogen and oxygen atoms in total. The third-order valence-corrected chi connectivity index (χ3v) is 7.20. The van der Waals surface area contributed by atoms with Crippen LogP contribution in [0.2, 0.25) is 0 Å². The second kappa shape index (κ2) is 7.59. The topological polar surface area (TPSA) is 81.2 Å². The highest BCUT2D eigenvalue weighted by atomic mass is 32.2. The zero-order valence-electron chi connectivity index (χ0n) is 14.9. The van der Waals surface area contributed by atoms with E-state index in [1.165, 1.54) is 4.31 Å². The molecule has 3 aliphatic rings. The molecule has 3 fully saturated rings. The summed E-state index contributed by atoms with van der Waals surface area (Å²) in [6, 6.07) is 0. The summed E-state index contributed by atoms with van der Waals surface area (Å²) in [7, 11) is -3.14. The second-order valence-electron chi connectivity index (χ2n) is 7.06. The molecule has 0 bridgehead atoms. The van der Waals surface area contributed by atoms with Crippen LogP contribution in [0.1, 0.15) is 19.8 Å². The quantitative estimate of drug-likeness (QED) is 0.621. The van der Waals surface area contributed by atoms with E-state index < -0.39 is 10.0 Å². The maximum Gasteiger partial charge on any atom is 0.236 e. The summed E-state index contributed by atoms with van der Waals surface area (Å²) in [5, 5.41) is 0. The van der Waals surface area contributed by atoms with Crippen molar-refractivity contribution in [3.8, 4) is 0 Å². The van der Waals surface area contributed by atoms with Gasteiger partial charge in [0.25, 0.3) is 0 Å². The minimum Gasteiger partial charge on any atom is -0.339 e. The van der Waals surface area contributed by atoms with E-state index in [1.54, 1.807) is 6.92 Å². The Morgan fingerprint density at radius 2 is 1.44 bits per heavy atom. The van der Waals surface area contributed by atoms with E-state index in [0.29, 0.717) is 58.9 Å². The molecule has 0 aromatic carbocycles. The maximum absolute atomic E-state index is 12.5. The van der Waals surface area contributed by atoms with E-state index in [0.717, 1.165) is 12.8 Å². The van der Waals surface area contributed by atoms with Crippen LogP contribution in [0.15, 0.2) is 0 Å². The first-order chi connectivity index (χ1) is 11.9. The standard InChI is InChI=1S/C16H28N4O4S/c1-2-25(23,24)20-11-5-17(6-12-20)13-15(21)18-7-9-19(10-8-18)16(22)14-3-4-14/h14H,2-13H2,1H3. The smallest absolute Gasteiger partial charge is 0.236 e. The third-order valence-electron chi connectivity index (χ3n) is 5.32. The van der Waals surface area contributed by atoms with E-state index in [2.05, 4.69) is 0 Å². The van der Waals surface area contributed by atoms with Crippen LogP contribution in [0.25, 0.3) is 0 Å². The molecule has 3 rings (SSSR count). The molecule has 2 aliphatic heterocycles. The largest absolute Gasteiger partial charge is 0.339 e. The number of nitrogens with zero attached hydrogens (tertiary/aromatic N) is 4. The molecule has 9 heteroatoms. The normalized spacial score (nSPS) is 23.7. The van der Waals surface area contributed by atoms with Crippen molar-refractivity contribution in [2.45, 2.75) is 19.8 Å². The van der Waals surface area contributed by atoms with Crippen LogP contribution >= 0.6 is 0 Å². The summed E-state index contributed by atoms with van der Waals surface area (Å²) < 4.78 is 25.2. The predicted molar refractivity (Wildman–Crippen MR) is 93.4 cm³/mol. The summed E-state index contributed by atoms with van der Waals surface area (Å²) in [5.74, 6) is 0.680. The number of rotatable bonds is 5. The van der Waals surface area contributed by atoms with Crippen LogP contribution in [0.5, 0.6) is 0 Å². The summed E-state index contributed by atoms with van der Waals surface area (Å²) in [6.07, 6.45) is 2.02. The van der Waals surface area contributed by atoms with Gasteiger partial charge in [0, 0.05) is 58.3 Å². The highest BCUT2D eigenvalue weighted by Gasteiger charge is 2.35. The van der Waals surface area contributed by atoms with Gasteiger partial charge in [-0.3, -0.25) is 14.5 Å². The average molecular weight is 372 g/mol. The van der Waals surface area contributed by atoms with Crippen LogP contribution in [-0.2, 0) is 19.6 Å². The lowest BCUT2D eigenvalue weighted by Gasteiger charge is -2.37. The Kier molecular flexibility index (Phi) is 5.65. The lowest BCUT2D eigenvalue weighted by atomic mass is 10.2. The molecular weight excluding hydrogens is 344 g/mol. The van der Waals surface area contributed by atoms with Gasteiger partial charge in [-0.1, -0.05) is 0 Å². The predicted octanol–water partition coefficient (Wildman–Crippen LogP) is -0.965. The highest BCUT2D eigenvalue weighted by molar-refractivity contribution is 7.89. The Bertz CT molecular complexity index is 604. The summed E-state index contributed by atoms with van der Waals surface area (Å²) >= 11 is 0. The molecule has 0 N–H and O–H groups in total. The van der Waals surface area contributed by atoms with Crippen LogP contribution in [0.3, 0.4) is 0 Å². The molecule has 0 atom stereocenters. The van der Waals surface area contributed by atoms with Crippen molar-refractivity contribution in [2.24, 2.45) is 5.92 Å². The molecule has 0 radical (unpaired) electrons. The second-order valence-corrected chi connectivity index (χ2v) is 9.31. The van der Waals surface area contributed by atoms with Crippen LogP contribution in [0.4, 0.5) is 0 Å². The van der Waals surface area contributed by atoms with Crippen molar-refractivity contribution in [3.05, 3.63) is 0 Å². The van der Waals surface area contributed by atoms with E-state index in [1.807, 2.05) is 14.7 Å². The Hall–Kier alpha value is -1.19. The average Bonchev–Trinajstić information content (AvgIpc) is 3.47. The van der Waals surface area contributed by atoms with Crippen molar-refractivity contribution < 1.29 is 18.0 Å². The monoisotopic (exact) mass is 372 g/mol. The van der Waals surface area contributed by atoms with Gasteiger partial charge < -0.3 is 9.80 Å². The number of hydrogen-bond donors (Lipinski definition) is 0. The minimum atomic E-state index is -3.14. The van der Waals surface area contributed by atoms with Crippen molar-refractivity contribution in [3.63, 3.8) is 0 Å². The van der Waals surface area contributed by atoms with Gasteiger partial charge in [-0.15, -0.1) is 0 Å². The Balaban J connectivity index is 1.41. The molecule has 2 amide bonds. The van der Waals surface area contributed by atoms with Gasteiger partial charge in [-0.2, -0.15) is 4.31 Å². The van der Waals surface area contributed by atoms with Crippen molar-refractivity contribution in [2.75, 3.05) is 64.7 Å². The molecule has 0 spiro atoms. The van der Waals surface area contributed by atoms with Crippen molar-refractivity contribution in [1.82, 2.24) is 19.0 Å². The number of carbonyl (C=O) groups is 2.